The molecule has 0 spiro atoms. The fourth-order valence-corrected chi connectivity index (χ4v) is 9.49. The summed E-state index contributed by atoms with van der Waals surface area (Å²) in [4.78, 5) is 14.3. The van der Waals surface area contributed by atoms with E-state index in [1.165, 1.54) is 24.8 Å². The Morgan fingerprint density at radius 3 is 1.97 bits per heavy atom. The molecule has 8 aromatic rings. The van der Waals surface area contributed by atoms with Crippen molar-refractivity contribution in [3.63, 3.8) is 0 Å². The van der Waals surface area contributed by atoms with Crippen LogP contribution in [0.15, 0.2) is 110 Å². The number of anilines is 4. The highest BCUT2D eigenvalue weighted by atomic mass is 32.2. The van der Waals surface area contributed by atoms with Crippen molar-refractivity contribution < 1.29 is 31.2 Å². The first-order valence-electron chi connectivity index (χ1n) is 20.6. The molecule has 2 N–H and O–H groups in total. The van der Waals surface area contributed by atoms with Gasteiger partial charge in [0, 0.05) is 67.8 Å². The molecule has 0 amide bonds. The lowest BCUT2D eigenvalue weighted by Crippen LogP contribution is -2.55. The summed E-state index contributed by atoms with van der Waals surface area (Å²) in [6.07, 6.45) is 8.21. The number of ether oxygens (including phenoxy) is 1. The van der Waals surface area contributed by atoms with Gasteiger partial charge in [0.05, 0.1) is 43.6 Å². The molecule has 1 unspecified atom stereocenters. The summed E-state index contributed by atoms with van der Waals surface area (Å²) in [5.74, 6) is 5.74. The van der Waals surface area contributed by atoms with Crippen molar-refractivity contribution >= 4 is 50.0 Å². The highest BCUT2D eigenvalue weighted by Crippen LogP contribution is 2.29. The largest absolute Gasteiger partial charge is 0.419 e. The van der Waals surface area contributed by atoms with Crippen LogP contribution >= 0.6 is 0 Å². The third-order valence-corrected chi connectivity index (χ3v) is 13.2. The molecule has 0 radical (unpaired) electrons. The molecule has 21 heteroatoms. The average Bonchev–Trinajstić information content (AvgIpc) is 4.11. The van der Waals surface area contributed by atoms with Crippen molar-refractivity contribution in [2.45, 2.75) is 32.4 Å². The Morgan fingerprint density at radius 2 is 1.34 bits per heavy atom. The Bertz CT molecular complexity index is 3030. The van der Waals surface area contributed by atoms with Gasteiger partial charge in [-0.3, -0.25) is 14.0 Å². The maximum atomic E-state index is 13.5. The Hall–Kier alpha value is -6.68. The third-order valence-electron chi connectivity index (χ3n) is 11.4. The molecule has 330 valence electrons. The number of halogens is 4. The lowest BCUT2D eigenvalue weighted by atomic mass is 10.0. The van der Waals surface area contributed by atoms with Crippen LogP contribution in [0.5, 0.6) is 0 Å². The van der Waals surface area contributed by atoms with E-state index in [0.717, 1.165) is 53.0 Å². The van der Waals surface area contributed by atoms with Gasteiger partial charge in [-0.2, -0.15) is 37.3 Å². The van der Waals surface area contributed by atoms with Crippen LogP contribution in [0.3, 0.4) is 0 Å². The number of hydrogen-bond acceptors (Lipinski definition) is 11. The number of rotatable bonds is 13. The Balaban J connectivity index is 0.885. The maximum absolute atomic E-state index is 13.5. The van der Waals surface area contributed by atoms with Crippen LogP contribution in [-0.4, -0.2) is 108 Å². The van der Waals surface area contributed by atoms with Crippen LogP contribution < -0.4 is 15.3 Å². The first kappa shape index (κ1) is 41.3. The number of nitrogens with one attached hydrogen (secondary N) is 2. The van der Waals surface area contributed by atoms with Crippen LogP contribution in [0.4, 0.5) is 40.8 Å². The lowest BCUT2D eigenvalue weighted by Gasteiger charge is -2.31. The highest BCUT2D eigenvalue weighted by Gasteiger charge is 2.33. The van der Waals surface area contributed by atoms with Crippen molar-refractivity contribution in [3.05, 3.63) is 121 Å². The van der Waals surface area contributed by atoms with E-state index >= 15 is 0 Å². The molecule has 2 aliphatic heterocycles. The average molecular weight is 896 g/mol. The standard InChI is InChI=1S/C43H42F4N14O2S/c1-64(62)20-17-55(18-21-64)24-29-6-12-32(13-7-29)36-5-3-15-60-39(36)53-43(51-34-23-49-59(27-34)41(46)47)61(60)37-28-56(16-19-63-37)25-30-8-10-31(11-9-30)35-4-2-14-57-38(35)52-42(54-57)50-33-22-48-58(26-33)40(44)45/h2-15,22-23,26-27,37,40-41H,1,16-21,24-25,28H2,(H,50,54)/p+1. The van der Waals surface area contributed by atoms with Gasteiger partial charge in [-0.05, 0) is 66.9 Å². The van der Waals surface area contributed by atoms with Gasteiger partial charge in [0.1, 0.15) is 5.69 Å². The monoisotopic (exact) mass is 895 g/mol. The van der Waals surface area contributed by atoms with Crippen molar-refractivity contribution in [2.24, 2.45) is 0 Å². The van der Waals surface area contributed by atoms with Crippen LogP contribution in [0.25, 0.3) is 33.5 Å². The second-order valence-electron chi connectivity index (χ2n) is 15.8. The summed E-state index contributed by atoms with van der Waals surface area (Å²) in [6.45, 7) is -1.05. The van der Waals surface area contributed by atoms with Crippen molar-refractivity contribution in [3.8, 4) is 22.3 Å². The molecule has 2 aromatic carbocycles. The zero-order chi connectivity index (χ0) is 44.0. The number of benzene rings is 2. The second kappa shape index (κ2) is 17.1. The minimum Gasteiger partial charge on any atom is -0.341 e. The minimum absolute atomic E-state index is 0.244. The first-order chi connectivity index (χ1) is 31.0. The summed E-state index contributed by atoms with van der Waals surface area (Å²) in [7, 11) is -1.97. The van der Waals surface area contributed by atoms with Crippen molar-refractivity contribution in [1.82, 2.24) is 53.5 Å². The zero-order valence-electron chi connectivity index (χ0n) is 34.3. The molecule has 0 saturated carbocycles. The van der Waals surface area contributed by atoms with Crippen LogP contribution in [0.2, 0.25) is 0 Å². The predicted octanol–water partition coefficient (Wildman–Crippen LogP) is 6.23. The van der Waals surface area contributed by atoms with Crippen LogP contribution in [0.1, 0.15) is 30.5 Å². The Labute approximate surface area is 364 Å². The zero-order valence-corrected chi connectivity index (χ0v) is 35.1. The van der Waals surface area contributed by atoms with Gasteiger partial charge < -0.3 is 10.1 Å². The van der Waals surface area contributed by atoms with E-state index in [1.807, 2.05) is 51.8 Å². The molecule has 2 fully saturated rings. The van der Waals surface area contributed by atoms with E-state index in [1.54, 1.807) is 10.7 Å². The Morgan fingerprint density at radius 1 is 0.750 bits per heavy atom. The summed E-state index contributed by atoms with van der Waals surface area (Å²) in [6, 6.07) is 24.3. The topological polar surface area (TPSA) is 144 Å². The molecular formula is C43H43F4N14O2S+. The molecule has 2 saturated heterocycles. The number of nitrogens with zero attached hydrogens (tertiary/aromatic N) is 12. The van der Waals surface area contributed by atoms with Gasteiger partial charge >= 0.3 is 19.0 Å². The molecule has 8 heterocycles. The second-order valence-corrected chi connectivity index (χ2v) is 18.6. The molecule has 0 aliphatic carbocycles. The van der Waals surface area contributed by atoms with E-state index in [0.29, 0.717) is 75.7 Å². The molecule has 0 bridgehead atoms. The van der Waals surface area contributed by atoms with Gasteiger partial charge in [-0.1, -0.05) is 48.5 Å². The molecule has 6 aromatic heterocycles. The highest BCUT2D eigenvalue weighted by molar-refractivity contribution is 8.00. The van der Waals surface area contributed by atoms with E-state index < -0.39 is 28.8 Å². The SMILES string of the molecule is C=S1(=O)CCN(Cc2ccc(-c3cccn4c3nc(Nc3cnn(C(F)F)c3)[n+]4C3CN(Cc4ccc(-c5cccn6nc(Nc7cnn(C(F)F)c7)nc56)cc4)CCO3)cc2)CC1. The number of aromatic nitrogens is 10. The van der Waals surface area contributed by atoms with Crippen LogP contribution in [0, 0.1) is 0 Å². The van der Waals surface area contributed by atoms with E-state index in [-0.39, 0.29) is 5.95 Å². The third kappa shape index (κ3) is 8.66. The van der Waals surface area contributed by atoms with Crippen molar-refractivity contribution in [1.29, 1.82) is 0 Å². The lowest BCUT2D eigenvalue weighted by molar-refractivity contribution is -0.808. The molecule has 1 atom stereocenters. The van der Waals surface area contributed by atoms with Gasteiger partial charge in [-0.25, -0.2) is 19.2 Å². The normalized spacial score (nSPS) is 17.2. The summed E-state index contributed by atoms with van der Waals surface area (Å²) < 4.78 is 78.6. The number of fused-ring (bicyclic) bond motifs is 2. The molecule has 16 nitrogen and oxygen atoms in total. The number of hydrogen-bond donors (Lipinski definition) is 2. The molecule has 2 aliphatic rings. The summed E-state index contributed by atoms with van der Waals surface area (Å²) in [5.41, 5.74) is 7.73. The molecule has 64 heavy (non-hydrogen) atoms. The quantitative estimate of drug-likeness (QED) is 0.0773. The number of pyridine rings is 2. The van der Waals surface area contributed by atoms with Gasteiger partial charge in [-0.15, -0.1) is 9.78 Å². The minimum atomic E-state index is -2.80. The first-order valence-corrected chi connectivity index (χ1v) is 22.6. The fraction of sp³-hybridized carbons (Fsp3) is 0.279. The Kier molecular flexibility index (Phi) is 11.1. The summed E-state index contributed by atoms with van der Waals surface area (Å²) >= 11 is 0. The van der Waals surface area contributed by atoms with E-state index in [9.17, 15) is 21.8 Å². The van der Waals surface area contributed by atoms with E-state index in [2.05, 4.69) is 83.0 Å². The van der Waals surface area contributed by atoms with Crippen LogP contribution in [-0.2, 0) is 27.3 Å². The maximum Gasteiger partial charge on any atom is 0.419 e. The summed E-state index contributed by atoms with van der Waals surface area (Å²) in [5, 5.41) is 18.1. The number of morpholine rings is 1. The smallest absolute Gasteiger partial charge is 0.341 e. The fourth-order valence-electron chi connectivity index (χ4n) is 8.11. The predicted molar refractivity (Wildman–Crippen MR) is 233 cm³/mol. The van der Waals surface area contributed by atoms with Gasteiger partial charge in [0.25, 0.3) is 5.65 Å². The van der Waals surface area contributed by atoms with E-state index in [4.69, 9.17) is 9.72 Å². The number of alkyl halides is 4. The van der Waals surface area contributed by atoms with Gasteiger partial charge in [0.15, 0.2) is 5.65 Å². The van der Waals surface area contributed by atoms with Gasteiger partial charge in [0.2, 0.25) is 12.2 Å². The molecule has 10 rings (SSSR count). The molecular weight excluding hydrogens is 853 g/mol. The van der Waals surface area contributed by atoms with Crippen molar-refractivity contribution in [2.75, 3.05) is 54.9 Å².